The van der Waals surface area contributed by atoms with E-state index in [9.17, 15) is 0 Å². The molecule has 4 aromatic rings. The van der Waals surface area contributed by atoms with E-state index in [1.807, 2.05) is 0 Å². The van der Waals surface area contributed by atoms with Crippen molar-refractivity contribution in [1.29, 1.82) is 0 Å². The van der Waals surface area contributed by atoms with Crippen molar-refractivity contribution in [3.8, 4) is 11.1 Å². The molecular weight excluding hydrogens is 378 g/mol. The quantitative estimate of drug-likeness (QED) is 0.332. The van der Waals surface area contributed by atoms with Crippen LogP contribution >= 0.6 is 7.92 Å². The molecule has 0 radical (unpaired) electrons. The maximum absolute atomic E-state index is 2.29. The number of hydrogen-bond acceptors (Lipinski definition) is 0. The Balaban J connectivity index is 0.00000196. The minimum absolute atomic E-state index is 0. The van der Waals surface area contributed by atoms with Gasteiger partial charge in [0.25, 0.3) is 0 Å². The molecule has 0 heterocycles. The largest absolute Gasteiger partial charge is 2.00 e. The topological polar surface area (TPSA) is 0 Å². The first-order valence-corrected chi connectivity index (χ1v) is 9.82. The fourth-order valence-electron chi connectivity index (χ4n) is 3.11. The minimum Gasteiger partial charge on any atom is -0.0622 e. The maximum atomic E-state index is 2.29. The minimum atomic E-state index is -0.590. The Morgan fingerprint density at radius 2 is 0.846 bits per heavy atom. The van der Waals surface area contributed by atoms with Crippen LogP contribution in [0.5, 0.6) is 0 Å². The van der Waals surface area contributed by atoms with Crippen molar-refractivity contribution >= 4 is 23.8 Å². The van der Waals surface area contributed by atoms with Gasteiger partial charge >= 0.3 is 16.5 Å². The van der Waals surface area contributed by atoms with Gasteiger partial charge in [0.2, 0.25) is 0 Å². The Morgan fingerprint density at radius 1 is 0.423 bits per heavy atom. The standard InChI is InChI=1S/C24H19P.Ni/c1-4-12-20(13-5-1)23-18-10-11-19-24(23)25(21-14-6-2-7-15-21)22-16-8-3-9-17-22;/h1-19H;/q;+2. The second-order valence-electron chi connectivity index (χ2n) is 5.89. The summed E-state index contributed by atoms with van der Waals surface area (Å²) < 4.78 is 0. The second-order valence-corrected chi connectivity index (χ2v) is 8.08. The van der Waals surface area contributed by atoms with Gasteiger partial charge in [-0.15, -0.1) is 0 Å². The summed E-state index contributed by atoms with van der Waals surface area (Å²) in [6.45, 7) is 0. The zero-order valence-corrected chi connectivity index (χ0v) is 16.1. The molecule has 0 aliphatic heterocycles. The van der Waals surface area contributed by atoms with Gasteiger partial charge in [-0.1, -0.05) is 115 Å². The molecule has 0 nitrogen and oxygen atoms in total. The summed E-state index contributed by atoms with van der Waals surface area (Å²) in [5.74, 6) is 0. The molecule has 0 unspecified atom stereocenters. The predicted octanol–water partition coefficient (Wildman–Crippen LogP) is 5.11. The van der Waals surface area contributed by atoms with Crippen LogP contribution < -0.4 is 15.9 Å². The third-order valence-corrected chi connectivity index (χ3v) is 6.76. The van der Waals surface area contributed by atoms with E-state index >= 15 is 0 Å². The van der Waals surface area contributed by atoms with Crippen molar-refractivity contribution in [3.63, 3.8) is 0 Å². The van der Waals surface area contributed by atoms with Crippen LogP contribution in [0.15, 0.2) is 115 Å². The Bertz CT molecular complexity index is 898. The first-order chi connectivity index (χ1) is 12.4. The van der Waals surface area contributed by atoms with E-state index in [0.717, 1.165) is 0 Å². The monoisotopic (exact) mass is 396 g/mol. The predicted molar refractivity (Wildman–Crippen MR) is 111 cm³/mol. The summed E-state index contributed by atoms with van der Waals surface area (Å²) in [6.07, 6.45) is 0. The van der Waals surface area contributed by atoms with Crippen LogP contribution in [-0.2, 0) is 16.5 Å². The van der Waals surface area contributed by atoms with E-state index < -0.39 is 7.92 Å². The average Bonchev–Trinajstić information content (AvgIpc) is 2.71. The molecule has 0 N–H and O–H groups in total. The summed E-state index contributed by atoms with van der Waals surface area (Å²) in [6, 6.07) is 41.2. The Labute approximate surface area is 166 Å². The van der Waals surface area contributed by atoms with Crippen molar-refractivity contribution in [2.75, 3.05) is 0 Å². The smallest absolute Gasteiger partial charge is 0.0622 e. The molecule has 0 amide bonds. The van der Waals surface area contributed by atoms with E-state index in [2.05, 4.69) is 115 Å². The molecule has 128 valence electrons. The van der Waals surface area contributed by atoms with Crippen LogP contribution in [0.4, 0.5) is 0 Å². The number of rotatable bonds is 4. The molecule has 0 bridgehead atoms. The summed E-state index contributed by atoms with van der Waals surface area (Å²) >= 11 is 0. The molecular formula is C24H19NiP+2. The van der Waals surface area contributed by atoms with Gasteiger partial charge in [0.1, 0.15) is 0 Å². The van der Waals surface area contributed by atoms with E-state index in [0.29, 0.717) is 0 Å². The SMILES string of the molecule is [Ni+2].c1ccc(-c2ccccc2P(c2ccccc2)c2ccccc2)cc1. The Kier molecular flexibility index (Phi) is 6.40. The van der Waals surface area contributed by atoms with Gasteiger partial charge in [-0.2, -0.15) is 0 Å². The molecule has 0 atom stereocenters. The molecule has 4 aromatic carbocycles. The molecule has 0 aromatic heterocycles. The van der Waals surface area contributed by atoms with Crippen LogP contribution in [0.2, 0.25) is 0 Å². The first kappa shape index (κ1) is 18.6. The molecule has 0 saturated carbocycles. The van der Waals surface area contributed by atoms with Crippen LogP contribution in [0.3, 0.4) is 0 Å². The third-order valence-electron chi connectivity index (χ3n) is 4.26. The van der Waals surface area contributed by atoms with E-state index in [4.69, 9.17) is 0 Å². The fraction of sp³-hybridized carbons (Fsp3) is 0. The summed E-state index contributed by atoms with van der Waals surface area (Å²) in [5, 5.41) is 4.17. The van der Waals surface area contributed by atoms with E-state index in [1.54, 1.807) is 0 Å². The number of benzene rings is 4. The molecule has 0 aliphatic rings. The average molecular weight is 397 g/mol. The zero-order chi connectivity index (χ0) is 16.9. The van der Waals surface area contributed by atoms with Crippen molar-refractivity contribution in [2.45, 2.75) is 0 Å². The van der Waals surface area contributed by atoms with Gasteiger partial charge in [-0.25, -0.2) is 0 Å². The number of hydrogen-bond donors (Lipinski definition) is 0. The molecule has 0 saturated heterocycles. The Morgan fingerprint density at radius 3 is 1.38 bits per heavy atom. The van der Waals surface area contributed by atoms with E-state index in [-0.39, 0.29) is 16.5 Å². The van der Waals surface area contributed by atoms with Gasteiger partial charge in [0, 0.05) is 0 Å². The molecule has 0 spiro atoms. The summed E-state index contributed by atoms with van der Waals surface area (Å²) in [5.41, 5.74) is 2.60. The van der Waals surface area contributed by atoms with Crippen molar-refractivity contribution in [1.82, 2.24) is 0 Å². The van der Waals surface area contributed by atoms with Gasteiger partial charge in [-0.05, 0) is 35.0 Å². The normalized spacial score (nSPS) is 10.3. The van der Waals surface area contributed by atoms with Gasteiger partial charge in [0.05, 0.1) is 0 Å². The second kappa shape index (κ2) is 8.95. The Hall–Kier alpha value is -2.20. The van der Waals surface area contributed by atoms with Crippen molar-refractivity contribution in [3.05, 3.63) is 115 Å². The summed E-state index contributed by atoms with van der Waals surface area (Å²) in [7, 11) is -0.590. The molecule has 0 aliphatic carbocycles. The molecule has 2 heteroatoms. The fourth-order valence-corrected chi connectivity index (χ4v) is 5.59. The van der Waals surface area contributed by atoms with Gasteiger partial charge in [0.15, 0.2) is 0 Å². The van der Waals surface area contributed by atoms with E-state index in [1.165, 1.54) is 27.0 Å². The van der Waals surface area contributed by atoms with Gasteiger partial charge in [-0.3, -0.25) is 0 Å². The molecule has 4 rings (SSSR count). The van der Waals surface area contributed by atoms with Crippen molar-refractivity contribution in [2.24, 2.45) is 0 Å². The molecule has 0 fully saturated rings. The maximum Gasteiger partial charge on any atom is 2.00 e. The molecule has 26 heavy (non-hydrogen) atoms. The van der Waals surface area contributed by atoms with Crippen LogP contribution in [-0.4, -0.2) is 0 Å². The summed E-state index contributed by atoms with van der Waals surface area (Å²) in [4.78, 5) is 0. The first-order valence-electron chi connectivity index (χ1n) is 8.48. The van der Waals surface area contributed by atoms with Crippen molar-refractivity contribution < 1.29 is 16.5 Å². The van der Waals surface area contributed by atoms with Crippen LogP contribution in [0, 0.1) is 0 Å². The van der Waals surface area contributed by atoms with Crippen LogP contribution in [0.25, 0.3) is 11.1 Å². The zero-order valence-electron chi connectivity index (χ0n) is 14.2. The van der Waals surface area contributed by atoms with Crippen LogP contribution in [0.1, 0.15) is 0 Å². The third kappa shape index (κ3) is 3.96. The van der Waals surface area contributed by atoms with Gasteiger partial charge < -0.3 is 0 Å².